The van der Waals surface area contributed by atoms with E-state index in [0.717, 1.165) is 42.8 Å². The van der Waals surface area contributed by atoms with Gasteiger partial charge < -0.3 is 0 Å². The molecule has 0 bridgehead atoms. The van der Waals surface area contributed by atoms with Gasteiger partial charge in [0.15, 0.2) is 9.84 Å². The molecule has 1 fully saturated rings. The van der Waals surface area contributed by atoms with Crippen molar-refractivity contribution in [2.45, 2.75) is 43.5 Å². The number of fused-ring (bicyclic) bond motifs is 1. The fourth-order valence-corrected chi connectivity index (χ4v) is 5.94. The summed E-state index contributed by atoms with van der Waals surface area (Å²) in [5.41, 5.74) is 1.03. The van der Waals surface area contributed by atoms with Crippen LogP contribution in [0.15, 0.2) is 24.3 Å². The molecule has 1 aliphatic carbocycles. The molecule has 2 aromatic rings. The molecule has 0 amide bonds. The molecule has 22 heavy (non-hydrogen) atoms. The van der Waals surface area contributed by atoms with E-state index in [1.807, 2.05) is 25.2 Å². The van der Waals surface area contributed by atoms with Gasteiger partial charge in [-0.3, -0.25) is 4.90 Å². The molecule has 0 radical (unpaired) electrons. The summed E-state index contributed by atoms with van der Waals surface area (Å²) in [4.78, 5) is 6.85. The summed E-state index contributed by atoms with van der Waals surface area (Å²) >= 11 is 1.70. The Bertz CT molecular complexity index is 721. The Balaban J connectivity index is 1.78. The molecule has 0 N–H and O–H groups in total. The summed E-state index contributed by atoms with van der Waals surface area (Å²) in [5, 5.41) is 0.821. The fourth-order valence-electron chi connectivity index (χ4n) is 3.40. The normalized spacial score (nSPS) is 23.2. The van der Waals surface area contributed by atoms with E-state index in [4.69, 9.17) is 0 Å². The molecule has 6 heteroatoms. The molecule has 0 spiro atoms. The van der Waals surface area contributed by atoms with Crippen molar-refractivity contribution in [3.63, 3.8) is 0 Å². The van der Waals surface area contributed by atoms with Gasteiger partial charge in [0.05, 0.1) is 22.0 Å². The second kappa shape index (κ2) is 6.26. The summed E-state index contributed by atoms with van der Waals surface area (Å²) in [6.45, 7) is 0.718. The molecule has 1 saturated carbocycles. The second-order valence-electron chi connectivity index (χ2n) is 6.21. The number of hydrogen-bond donors (Lipinski definition) is 0. The lowest BCUT2D eigenvalue weighted by Gasteiger charge is -2.36. The van der Waals surface area contributed by atoms with Crippen LogP contribution in [0.25, 0.3) is 10.2 Å². The average Bonchev–Trinajstić information content (AvgIpc) is 2.88. The largest absolute Gasteiger partial charge is 0.295 e. The maximum absolute atomic E-state index is 12.1. The number of hydrogen-bond acceptors (Lipinski definition) is 5. The molecule has 1 heterocycles. The van der Waals surface area contributed by atoms with E-state index in [0.29, 0.717) is 0 Å². The highest BCUT2D eigenvalue weighted by Crippen LogP contribution is 2.29. The molecule has 1 aromatic carbocycles. The van der Waals surface area contributed by atoms with Crippen molar-refractivity contribution < 1.29 is 8.42 Å². The standard InChI is InChI=1S/C16H22N2O2S2/c1-18(13-8-4-6-10-15(13)22(2,19)20)11-16-17-12-7-3-5-9-14(12)21-16/h3,5,7,9,13,15H,4,6,8,10-11H2,1-2H3. The zero-order valence-electron chi connectivity index (χ0n) is 13.0. The van der Waals surface area contributed by atoms with Crippen molar-refractivity contribution in [1.82, 2.24) is 9.88 Å². The van der Waals surface area contributed by atoms with Crippen LogP contribution in [0.1, 0.15) is 30.7 Å². The molecule has 2 atom stereocenters. The number of benzene rings is 1. The van der Waals surface area contributed by atoms with Crippen LogP contribution in [0.5, 0.6) is 0 Å². The second-order valence-corrected chi connectivity index (χ2v) is 9.59. The third kappa shape index (κ3) is 3.34. The van der Waals surface area contributed by atoms with Gasteiger partial charge in [0, 0.05) is 12.3 Å². The topological polar surface area (TPSA) is 50.3 Å². The van der Waals surface area contributed by atoms with Gasteiger partial charge >= 0.3 is 0 Å². The summed E-state index contributed by atoms with van der Waals surface area (Å²) in [6.07, 6.45) is 5.25. The Labute approximate surface area is 136 Å². The Morgan fingerprint density at radius 3 is 2.73 bits per heavy atom. The van der Waals surface area contributed by atoms with Gasteiger partial charge in [-0.05, 0) is 32.0 Å². The fraction of sp³-hybridized carbons (Fsp3) is 0.562. The summed E-state index contributed by atoms with van der Waals surface area (Å²) < 4.78 is 25.3. The smallest absolute Gasteiger partial charge is 0.151 e. The van der Waals surface area contributed by atoms with Crippen molar-refractivity contribution >= 4 is 31.4 Å². The van der Waals surface area contributed by atoms with Crippen molar-refractivity contribution in [3.05, 3.63) is 29.3 Å². The van der Waals surface area contributed by atoms with Crippen molar-refractivity contribution in [3.8, 4) is 0 Å². The van der Waals surface area contributed by atoms with Crippen LogP contribution in [-0.4, -0.2) is 42.9 Å². The van der Waals surface area contributed by atoms with Gasteiger partial charge in [-0.1, -0.05) is 25.0 Å². The Kier molecular flexibility index (Phi) is 4.52. The quantitative estimate of drug-likeness (QED) is 0.859. The van der Waals surface area contributed by atoms with E-state index in [2.05, 4.69) is 16.0 Å². The summed E-state index contributed by atoms with van der Waals surface area (Å²) in [6, 6.07) is 8.23. The molecule has 120 valence electrons. The number of thiazole rings is 1. The van der Waals surface area contributed by atoms with E-state index >= 15 is 0 Å². The lowest BCUT2D eigenvalue weighted by molar-refractivity contribution is 0.187. The van der Waals surface area contributed by atoms with Gasteiger partial charge in [0.2, 0.25) is 0 Å². The average molecular weight is 338 g/mol. The lowest BCUT2D eigenvalue weighted by Crippen LogP contribution is -2.46. The first-order chi connectivity index (χ1) is 10.4. The molecule has 1 aliphatic rings. The summed E-state index contributed by atoms with van der Waals surface area (Å²) in [7, 11) is -0.968. The maximum atomic E-state index is 12.1. The van der Waals surface area contributed by atoms with E-state index in [1.165, 1.54) is 11.0 Å². The molecular formula is C16H22N2O2S2. The SMILES string of the molecule is CN(Cc1nc2ccccc2s1)C1CCCCC1S(C)(=O)=O. The van der Waals surface area contributed by atoms with Gasteiger partial charge in [0.1, 0.15) is 5.01 Å². The van der Waals surface area contributed by atoms with Gasteiger partial charge in [-0.2, -0.15) is 0 Å². The number of sulfone groups is 1. The molecule has 1 aromatic heterocycles. The minimum absolute atomic E-state index is 0.107. The van der Waals surface area contributed by atoms with Gasteiger partial charge in [-0.15, -0.1) is 11.3 Å². The van der Waals surface area contributed by atoms with Crippen LogP contribution in [0.3, 0.4) is 0 Å². The predicted molar refractivity (Wildman–Crippen MR) is 92.0 cm³/mol. The van der Waals surface area contributed by atoms with E-state index in [1.54, 1.807) is 11.3 Å². The molecule has 0 saturated heterocycles. The highest BCUT2D eigenvalue weighted by atomic mass is 32.2. The van der Waals surface area contributed by atoms with Crippen molar-refractivity contribution in [2.24, 2.45) is 0 Å². The number of aromatic nitrogens is 1. The van der Waals surface area contributed by atoms with E-state index in [9.17, 15) is 8.42 Å². The molecular weight excluding hydrogens is 316 g/mol. The monoisotopic (exact) mass is 338 g/mol. The zero-order valence-corrected chi connectivity index (χ0v) is 14.7. The van der Waals surface area contributed by atoms with Crippen molar-refractivity contribution in [1.29, 1.82) is 0 Å². The molecule has 0 aliphatic heterocycles. The van der Waals surface area contributed by atoms with Gasteiger partial charge in [-0.25, -0.2) is 13.4 Å². The lowest BCUT2D eigenvalue weighted by atomic mass is 9.94. The van der Waals surface area contributed by atoms with E-state index in [-0.39, 0.29) is 11.3 Å². The van der Waals surface area contributed by atoms with Crippen LogP contribution < -0.4 is 0 Å². The molecule has 2 unspecified atom stereocenters. The summed E-state index contributed by atoms with van der Waals surface area (Å²) in [5.74, 6) is 0. The minimum atomic E-state index is -3.00. The predicted octanol–water partition coefficient (Wildman–Crippen LogP) is 3.08. The number of nitrogens with zero attached hydrogens (tertiary/aromatic N) is 2. The zero-order chi connectivity index (χ0) is 15.7. The van der Waals surface area contributed by atoms with Crippen LogP contribution in [-0.2, 0) is 16.4 Å². The molecule has 3 rings (SSSR count). The third-order valence-electron chi connectivity index (χ3n) is 4.51. The van der Waals surface area contributed by atoms with Crippen LogP contribution >= 0.6 is 11.3 Å². The highest BCUT2D eigenvalue weighted by Gasteiger charge is 2.35. The highest BCUT2D eigenvalue weighted by molar-refractivity contribution is 7.91. The van der Waals surface area contributed by atoms with Crippen LogP contribution in [0.4, 0.5) is 0 Å². The Hall–Kier alpha value is -0.980. The minimum Gasteiger partial charge on any atom is -0.295 e. The maximum Gasteiger partial charge on any atom is 0.151 e. The number of para-hydroxylation sites is 1. The Morgan fingerprint density at radius 1 is 1.27 bits per heavy atom. The van der Waals surface area contributed by atoms with Crippen molar-refractivity contribution in [2.75, 3.05) is 13.3 Å². The molecule has 4 nitrogen and oxygen atoms in total. The first-order valence-electron chi connectivity index (χ1n) is 7.69. The number of rotatable bonds is 4. The van der Waals surface area contributed by atoms with Gasteiger partial charge in [0.25, 0.3) is 0 Å². The first-order valence-corrected chi connectivity index (χ1v) is 10.5. The Morgan fingerprint density at radius 2 is 2.00 bits per heavy atom. The van der Waals surface area contributed by atoms with E-state index < -0.39 is 9.84 Å². The van der Waals surface area contributed by atoms with Crippen LogP contribution in [0.2, 0.25) is 0 Å². The van der Waals surface area contributed by atoms with Crippen LogP contribution in [0, 0.1) is 0 Å². The first kappa shape index (κ1) is 15.9. The third-order valence-corrected chi connectivity index (χ3v) is 7.18.